The number of nitrogens with zero attached hydrogens (tertiary/aromatic N) is 1. The van der Waals surface area contributed by atoms with Gasteiger partial charge in [0.25, 0.3) is 0 Å². The van der Waals surface area contributed by atoms with Gasteiger partial charge in [-0.3, -0.25) is 4.98 Å². The molecule has 18 heavy (non-hydrogen) atoms. The fourth-order valence-electron chi connectivity index (χ4n) is 1.74. The van der Waals surface area contributed by atoms with Crippen molar-refractivity contribution in [1.82, 2.24) is 4.98 Å². The molecule has 94 valence electrons. The van der Waals surface area contributed by atoms with Gasteiger partial charge in [0.15, 0.2) is 0 Å². The number of hydrogen-bond acceptors (Lipinski definition) is 2. The Morgan fingerprint density at radius 1 is 1.11 bits per heavy atom. The minimum atomic E-state index is -4.42. The van der Waals surface area contributed by atoms with Crippen molar-refractivity contribution in [2.24, 2.45) is 0 Å². The monoisotopic (exact) mass is 252 g/mol. The second-order valence-corrected chi connectivity index (χ2v) is 3.91. The summed E-state index contributed by atoms with van der Waals surface area (Å²) in [7, 11) is 0. The summed E-state index contributed by atoms with van der Waals surface area (Å²) in [5.41, 5.74) is 5.85. The zero-order valence-electron chi connectivity index (χ0n) is 9.41. The third-order valence-corrected chi connectivity index (χ3v) is 2.62. The van der Waals surface area contributed by atoms with Gasteiger partial charge in [-0.2, -0.15) is 13.2 Å². The van der Waals surface area contributed by atoms with E-state index in [1.807, 2.05) is 0 Å². The van der Waals surface area contributed by atoms with E-state index in [1.165, 1.54) is 6.07 Å². The molecule has 2 rings (SSSR count). The average molecular weight is 252 g/mol. The Morgan fingerprint density at radius 2 is 1.89 bits per heavy atom. The van der Waals surface area contributed by atoms with Gasteiger partial charge in [-0.25, -0.2) is 0 Å². The predicted octanol–water partition coefficient (Wildman–Crippen LogP) is 3.27. The van der Waals surface area contributed by atoms with Crippen LogP contribution in [-0.2, 0) is 12.6 Å². The van der Waals surface area contributed by atoms with Crippen molar-refractivity contribution in [3.63, 3.8) is 0 Å². The number of rotatable bonds is 2. The number of nitrogens with two attached hydrogens (primary N) is 1. The quantitative estimate of drug-likeness (QED) is 0.833. The highest BCUT2D eigenvalue weighted by molar-refractivity contribution is 5.56. The number of anilines is 1. The number of aromatic nitrogens is 1. The van der Waals surface area contributed by atoms with E-state index in [1.54, 1.807) is 30.6 Å². The molecule has 2 nitrogen and oxygen atoms in total. The van der Waals surface area contributed by atoms with Crippen LogP contribution in [0.15, 0.2) is 42.7 Å². The Labute approximate surface area is 102 Å². The SMILES string of the molecule is Nc1c(Cc2cccnc2)cccc1C(F)(F)F. The van der Waals surface area contributed by atoms with Crippen LogP contribution in [0.5, 0.6) is 0 Å². The first-order chi connectivity index (χ1) is 8.48. The lowest BCUT2D eigenvalue weighted by atomic mass is 10.0. The molecule has 0 bridgehead atoms. The van der Waals surface area contributed by atoms with E-state index in [0.29, 0.717) is 12.0 Å². The molecule has 5 heteroatoms. The summed E-state index contributed by atoms with van der Waals surface area (Å²) in [5.74, 6) is 0. The smallest absolute Gasteiger partial charge is 0.398 e. The molecule has 0 aliphatic carbocycles. The van der Waals surface area contributed by atoms with Gasteiger partial charge >= 0.3 is 6.18 Å². The van der Waals surface area contributed by atoms with Crippen LogP contribution >= 0.6 is 0 Å². The summed E-state index contributed by atoms with van der Waals surface area (Å²) in [5, 5.41) is 0. The van der Waals surface area contributed by atoms with E-state index in [-0.39, 0.29) is 5.69 Å². The molecule has 2 aromatic rings. The highest BCUT2D eigenvalue weighted by Crippen LogP contribution is 2.35. The van der Waals surface area contributed by atoms with Crippen molar-refractivity contribution in [3.8, 4) is 0 Å². The van der Waals surface area contributed by atoms with Crippen molar-refractivity contribution in [2.45, 2.75) is 12.6 Å². The zero-order chi connectivity index (χ0) is 13.2. The summed E-state index contributed by atoms with van der Waals surface area (Å²) in [4.78, 5) is 3.92. The van der Waals surface area contributed by atoms with Crippen molar-refractivity contribution >= 4 is 5.69 Å². The van der Waals surface area contributed by atoms with Crippen LogP contribution in [0.2, 0.25) is 0 Å². The second-order valence-electron chi connectivity index (χ2n) is 3.91. The van der Waals surface area contributed by atoms with Gasteiger partial charge in [-0.1, -0.05) is 18.2 Å². The highest BCUT2D eigenvalue weighted by atomic mass is 19.4. The van der Waals surface area contributed by atoms with Crippen LogP contribution in [0.1, 0.15) is 16.7 Å². The maximum Gasteiger partial charge on any atom is 0.418 e. The lowest BCUT2D eigenvalue weighted by molar-refractivity contribution is -0.136. The van der Waals surface area contributed by atoms with E-state index in [4.69, 9.17) is 5.73 Å². The van der Waals surface area contributed by atoms with E-state index >= 15 is 0 Å². The van der Waals surface area contributed by atoms with Crippen molar-refractivity contribution < 1.29 is 13.2 Å². The van der Waals surface area contributed by atoms with Crippen LogP contribution in [0, 0.1) is 0 Å². The molecule has 0 fully saturated rings. The van der Waals surface area contributed by atoms with Gasteiger partial charge < -0.3 is 5.73 Å². The van der Waals surface area contributed by atoms with Crippen LogP contribution < -0.4 is 5.73 Å². The third-order valence-electron chi connectivity index (χ3n) is 2.62. The Morgan fingerprint density at radius 3 is 2.50 bits per heavy atom. The molecule has 0 spiro atoms. The fourth-order valence-corrected chi connectivity index (χ4v) is 1.74. The molecule has 2 N–H and O–H groups in total. The topological polar surface area (TPSA) is 38.9 Å². The highest BCUT2D eigenvalue weighted by Gasteiger charge is 2.33. The molecule has 0 atom stereocenters. The molecule has 1 aromatic heterocycles. The molecule has 1 heterocycles. The van der Waals surface area contributed by atoms with Crippen LogP contribution in [0.3, 0.4) is 0 Å². The molecule has 0 saturated carbocycles. The molecule has 0 aliphatic rings. The van der Waals surface area contributed by atoms with Crippen molar-refractivity contribution in [3.05, 3.63) is 59.4 Å². The first-order valence-electron chi connectivity index (χ1n) is 5.32. The number of para-hydroxylation sites is 1. The first kappa shape index (κ1) is 12.4. The molecule has 0 amide bonds. The Balaban J connectivity index is 2.36. The van der Waals surface area contributed by atoms with Gasteiger partial charge in [-0.05, 0) is 23.3 Å². The predicted molar refractivity (Wildman–Crippen MR) is 62.9 cm³/mol. The number of benzene rings is 1. The maximum absolute atomic E-state index is 12.7. The fraction of sp³-hybridized carbons (Fsp3) is 0.154. The summed E-state index contributed by atoms with van der Waals surface area (Å²) in [6.07, 6.45) is -0.864. The van der Waals surface area contributed by atoms with Gasteiger partial charge in [-0.15, -0.1) is 0 Å². The minimum Gasteiger partial charge on any atom is -0.398 e. The second kappa shape index (κ2) is 4.68. The lowest BCUT2D eigenvalue weighted by Gasteiger charge is -2.13. The number of nitrogen functional groups attached to an aromatic ring is 1. The van der Waals surface area contributed by atoms with Crippen LogP contribution in [-0.4, -0.2) is 4.98 Å². The van der Waals surface area contributed by atoms with Gasteiger partial charge in [0, 0.05) is 24.5 Å². The molecular weight excluding hydrogens is 241 g/mol. The van der Waals surface area contributed by atoms with Crippen LogP contribution in [0.4, 0.5) is 18.9 Å². The summed E-state index contributed by atoms with van der Waals surface area (Å²) in [6, 6.07) is 7.48. The average Bonchev–Trinajstić information content (AvgIpc) is 2.32. The number of pyridine rings is 1. The molecule has 0 saturated heterocycles. The summed E-state index contributed by atoms with van der Waals surface area (Å²) in [6.45, 7) is 0. The van der Waals surface area contributed by atoms with E-state index in [0.717, 1.165) is 11.6 Å². The van der Waals surface area contributed by atoms with Crippen LogP contribution in [0.25, 0.3) is 0 Å². The largest absolute Gasteiger partial charge is 0.418 e. The zero-order valence-corrected chi connectivity index (χ0v) is 9.41. The number of halogens is 3. The van der Waals surface area contributed by atoms with E-state index in [2.05, 4.69) is 4.98 Å². The number of hydrogen-bond donors (Lipinski definition) is 1. The molecular formula is C13H11F3N2. The Hall–Kier alpha value is -2.04. The molecule has 0 radical (unpaired) electrons. The Kier molecular flexibility index (Phi) is 3.23. The number of alkyl halides is 3. The summed E-state index contributed by atoms with van der Waals surface area (Å²) >= 11 is 0. The van der Waals surface area contributed by atoms with Gasteiger partial charge in [0.2, 0.25) is 0 Å². The van der Waals surface area contributed by atoms with Gasteiger partial charge in [0.1, 0.15) is 0 Å². The maximum atomic E-state index is 12.7. The minimum absolute atomic E-state index is 0.214. The Bertz CT molecular complexity index is 536. The third kappa shape index (κ3) is 2.61. The summed E-state index contributed by atoms with van der Waals surface area (Å²) < 4.78 is 38.0. The normalized spacial score (nSPS) is 11.5. The first-order valence-corrected chi connectivity index (χ1v) is 5.32. The molecule has 0 aliphatic heterocycles. The van der Waals surface area contributed by atoms with E-state index < -0.39 is 11.7 Å². The van der Waals surface area contributed by atoms with Gasteiger partial charge in [0.05, 0.1) is 5.56 Å². The van der Waals surface area contributed by atoms with Crippen molar-refractivity contribution in [2.75, 3.05) is 5.73 Å². The van der Waals surface area contributed by atoms with E-state index in [9.17, 15) is 13.2 Å². The molecule has 1 aromatic carbocycles. The molecule has 0 unspecified atom stereocenters. The standard InChI is InChI=1S/C13H11F3N2/c14-13(15,16)11-5-1-4-10(12(11)17)7-9-3-2-6-18-8-9/h1-6,8H,7,17H2. The van der Waals surface area contributed by atoms with Crippen molar-refractivity contribution in [1.29, 1.82) is 0 Å². The lowest BCUT2D eigenvalue weighted by Crippen LogP contribution is -2.10.